The number of amides is 2. The molecule has 1 unspecified atom stereocenters. The normalized spacial score (nSPS) is 19.1. The Morgan fingerprint density at radius 2 is 2.19 bits per heavy atom. The van der Waals surface area contributed by atoms with E-state index in [2.05, 4.69) is 21.3 Å². The number of allylic oxidation sites excluding steroid dienone is 1. The van der Waals surface area contributed by atoms with Crippen molar-refractivity contribution in [2.75, 3.05) is 31.5 Å². The molecule has 0 radical (unpaired) electrons. The molecule has 4 rings (SSSR count). The summed E-state index contributed by atoms with van der Waals surface area (Å²) in [5.41, 5.74) is 7.48. The van der Waals surface area contributed by atoms with Crippen molar-refractivity contribution < 1.29 is 9.18 Å². The number of anilines is 1. The van der Waals surface area contributed by atoms with E-state index < -0.39 is 5.82 Å². The highest BCUT2D eigenvalue weighted by atomic mass is 35.5. The molecule has 3 N–H and O–H groups in total. The van der Waals surface area contributed by atoms with Crippen molar-refractivity contribution in [2.45, 2.75) is 44.7 Å². The minimum absolute atomic E-state index is 0.00179. The zero-order chi connectivity index (χ0) is 22.5. The first-order chi connectivity index (χ1) is 15.5. The van der Waals surface area contributed by atoms with E-state index in [1.807, 2.05) is 11.1 Å². The van der Waals surface area contributed by atoms with Crippen molar-refractivity contribution >= 4 is 40.2 Å². The number of carbonyl (C=O) groups is 1. The Morgan fingerprint density at radius 1 is 1.38 bits per heavy atom. The molecular formula is C23H29ClFN5OS. The third-order valence-corrected chi connectivity index (χ3v) is 7.54. The Hall–Kier alpha value is -2.00. The third kappa shape index (κ3) is 5.67. The van der Waals surface area contributed by atoms with Crippen LogP contribution >= 0.6 is 22.9 Å². The Labute approximate surface area is 197 Å². The highest BCUT2D eigenvalue weighted by molar-refractivity contribution is 7.12. The van der Waals surface area contributed by atoms with Crippen molar-refractivity contribution in [3.8, 4) is 0 Å². The fourth-order valence-electron chi connectivity index (χ4n) is 4.35. The van der Waals surface area contributed by atoms with Crippen molar-refractivity contribution in [1.29, 1.82) is 0 Å². The lowest BCUT2D eigenvalue weighted by Crippen LogP contribution is -2.46. The standard InChI is InChI=1S/C23H29ClFN5OS/c24-19-13-17(5-8-20(19)25)28-23(31)30(12-11-29-9-1-2-10-29)18-6-3-16(4-7-18)21-15-27-22(14-26)32-21/h3,5,8,13,15,18H,1-2,4,6-7,9-12,14,26H2,(H,28,31). The SMILES string of the molecule is NCc1ncc(C2=CCC(N(CCN3CCCC3)C(=O)Nc3ccc(F)c(Cl)c3)CC2)s1. The van der Waals surface area contributed by atoms with Gasteiger partial charge in [0.25, 0.3) is 0 Å². The number of halogens is 2. The van der Waals surface area contributed by atoms with E-state index in [0.29, 0.717) is 18.8 Å². The van der Waals surface area contributed by atoms with Crippen LogP contribution in [0.3, 0.4) is 0 Å². The van der Waals surface area contributed by atoms with Gasteiger partial charge in [0.15, 0.2) is 0 Å². The molecule has 6 nitrogen and oxygen atoms in total. The van der Waals surface area contributed by atoms with Gasteiger partial charge in [-0.1, -0.05) is 17.7 Å². The molecular weight excluding hydrogens is 449 g/mol. The van der Waals surface area contributed by atoms with Gasteiger partial charge in [0.1, 0.15) is 10.8 Å². The van der Waals surface area contributed by atoms with Crippen LogP contribution in [0.1, 0.15) is 42.0 Å². The fourth-order valence-corrected chi connectivity index (χ4v) is 5.40. The zero-order valence-corrected chi connectivity index (χ0v) is 19.6. The molecule has 1 aliphatic heterocycles. The Balaban J connectivity index is 1.45. The molecule has 0 saturated carbocycles. The molecule has 1 fully saturated rings. The van der Waals surface area contributed by atoms with Gasteiger partial charge in [-0.25, -0.2) is 14.2 Å². The highest BCUT2D eigenvalue weighted by Crippen LogP contribution is 2.32. The first-order valence-electron chi connectivity index (χ1n) is 11.1. The molecule has 2 aliphatic rings. The van der Waals surface area contributed by atoms with E-state index in [-0.39, 0.29) is 17.1 Å². The minimum Gasteiger partial charge on any atom is -0.325 e. The number of rotatable bonds is 7. The molecule has 0 bridgehead atoms. The van der Waals surface area contributed by atoms with Crippen molar-refractivity contribution in [1.82, 2.24) is 14.8 Å². The van der Waals surface area contributed by atoms with Gasteiger partial charge < -0.3 is 20.9 Å². The number of urea groups is 1. The van der Waals surface area contributed by atoms with Gasteiger partial charge in [0.2, 0.25) is 0 Å². The number of nitrogens with zero attached hydrogens (tertiary/aromatic N) is 3. The quantitative estimate of drug-likeness (QED) is 0.591. The molecule has 1 aromatic carbocycles. The molecule has 9 heteroatoms. The number of carbonyl (C=O) groups excluding carboxylic acids is 1. The number of aromatic nitrogens is 1. The summed E-state index contributed by atoms with van der Waals surface area (Å²) in [5, 5.41) is 3.85. The van der Waals surface area contributed by atoms with E-state index in [1.54, 1.807) is 11.3 Å². The van der Waals surface area contributed by atoms with Crippen molar-refractivity contribution in [2.24, 2.45) is 5.73 Å². The second-order valence-corrected chi connectivity index (χ2v) is 9.80. The molecule has 1 aliphatic carbocycles. The van der Waals surface area contributed by atoms with E-state index in [9.17, 15) is 9.18 Å². The average molecular weight is 478 g/mol. The lowest BCUT2D eigenvalue weighted by atomic mass is 9.93. The largest absolute Gasteiger partial charge is 0.325 e. The molecule has 2 amide bonds. The number of thiazole rings is 1. The van der Waals surface area contributed by atoms with Gasteiger partial charge in [-0.3, -0.25) is 0 Å². The van der Waals surface area contributed by atoms with E-state index >= 15 is 0 Å². The zero-order valence-electron chi connectivity index (χ0n) is 18.0. The predicted octanol–water partition coefficient (Wildman–Crippen LogP) is 4.96. The number of likely N-dealkylation sites (tertiary alicyclic amines) is 1. The minimum atomic E-state index is -0.499. The number of nitrogens with two attached hydrogens (primary N) is 1. The van der Waals surface area contributed by atoms with Crippen LogP contribution in [-0.2, 0) is 6.54 Å². The molecule has 172 valence electrons. The lowest BCUT2D eigenvalue weighted by molar-refractivity contribution is 0.170. The van der Waals surface area contributed by atoms with Gasteiger partial charge >= 0.3 is 6.03 Å². The van der Waals surface area contributed by atoms with Crippen LogP contribution in [0.4, 0.5) is 14.9 Å². The topological polar surface area (TPSA) is 74.5 Å². The van der Waals surface area contributed by atoms with Crippen LogP contribution in [-0.4, -0.2) is 53.0 Å². The van der Waals surface area contributed by atoms with Gasteiger partial charge in [0, 0.05) is 37.6 Å². The summed E-state index contributed by atoms with van der Waals surface area (Å²) >= 11 is 7.53. The molecule has 2 heterocycles. The number of benzene rings is 1. The molecule has 1 aromatic heterocycles. The summed E-state index contributed by atoms with van der Waals surface area (Å²) in [6, 6.07) is 4.20. The van der Waals surface area contributed by atoms with Gasteiger partial charge in [0.05, 0.1) is 9.90 Å². The van der Waals surface area contributed by atoms with Crippen LogP contribution in [0.2, 0.25) is 5.02 Å². The van der Waals surface area contributed by atoms with E-state index in [4.69, 9.17) is 17.3 Å². The predicted molar refractivity (Wildman–Crippen MR) is 128 cm³/mol. The van der Waals surface area contributed by atoms with Gasteiger partial charge in [-0.05, 0) is 69.0 Å². The van der Waals surface area contributed by atoms with Crippen LogP contribution in [0, 0.1) is 5.82 Å². The second-order valence-electron chi connectivity index (χ2n) is 8.28. The maximum Gasteiger partial charge on any atom is 0.322 e. The Kier molecular flexibility index (Phi) is 7.78. The summed E-state index contributed by atoms with van der Waals surface area (Å²) < 4.78 is 13.5. The molecule has 2 aromatic rings. The molecule has 1 saturated heterocycles. The third-order valence-electron chi connectivity index (χ3n) is 6.16. The first kappa shape index (κ1) is 23.2. The number of hydrogen-bond donors (Lipinski definition) is 2. The Morgan fingerprint density at radius 3 is 2.84 bits per heavy atom. The monoisotopic (exact) mass is 477 g/mol. The number of hydrogen-bond acceptors (Lipinski definition) is 5. The Bertz CT molecular complexity index is 975. The van der Waals surface area contributed by atoms with E-state index in [0.717, 1.165) is 48.8 Å². The van der Waals surface area contributed by atoms with Crippen LogP contribution < -0.4 is 11.1 Å². The highest BCUT2D eigenvalue weighted by Gasteiger charge is 2.27. The van der Waals surface area contributed by atoms with Crippen LogP contribution in [0.25, 0.3) is 5.57 Å². The van der Waals surface area contributed by atoms with Crippen LogP contribution in [0.5, 0.6) is 0 Å². The molecule has 0 spiro atoms. The van der Waals surface area contributed by atoms with Crippen molar-refractivity contribution in [3.05, 3.63) is 51.2 Å². The summed E-state index contributed by atoms with van der Waals surface area (Å²) in [6.45, 7) is 4.16. The maximum atomic E-state index is 13.5. The van der Waals surface area contributed by atoms with Gasteiger partial charge in [-0.15, -0.1) is 11.3 Å². The summed E-state index contributed by atoms with van der Waals surface area (Å²) in [4.78, 5) is 23.1. The average Bonchev–Trinajstić information content (AvgIpc) is 3.49. The second kappa shape index (κ2) is 10.7. The summed E-state index contributed by atoms with van der Waals surface area (Å²) in [5.74, 6) is -0.499. The molecule has 32 heavy (non-hydrogen) atoms. The lowest BCUT2D eigenvalue weighted by Gasteiger charge is -2.35. The summed E-state index contributed by atoms with van der Waals surface area (Å²) in [7, 11) is 0. The smallest absolute Gasteiger partial charge is 0.322 e. The first-order valence-corrected chi connectivity index (χ1v) is 12.3. The molecule has 1 atom stereocenters. The fraction of sp³-hybridized carbons (Fsp3) is 0.478. The maximum absolute atomic E-state index is 13.5. The van der Waals surface area contributed by atoms with Crippen molar-refractivity contribution in [3.63, 3.8) is 0 Å². The van der Waals surface area contributed by atoms with E-state index in [1.165, 1.54) is 36.6 Å². The van der Waals surface area contributed by atoms with Gasteiger partial charge in [-0.2, -0.15) is 0 Å². The van der Waals surface area contributed by atoms with Crippen LogP contribution in [0.15, 0.2) is 30.5 Å². The summed E-state index contributed by atoms with van der Waals surface area (Å²) in [6.07, 6.45) is 9.14. The number of nitrogens with one attached hydrogen (secondary N) is 1.